The van der Waals surface area contributed by atoms with Crippen LogP contribution in [0.15, 0.2) is 73.3 Å². The van der Waals surface area contributed by atoms with E-state index in [1.54, 1.807) is 30.7 Å². The van der Waals surface area contributed by atoms with Crippen LogP contribution in [0.3, 0.4) is 0 Å². The molecule has 1 saturated heterocycles. The second-order valence-electron chi connectivity index (χ2n) is 8.51. The van der Waals surface area contributed by atoms with Gasteiger partial charge in [0, 0.05) is 61.9 Å². The molecule has 7 nitrogen and oxygen atoms in total. The molecule has 0 atom stereocenters. The fourth-order valence-corrected chi connectivity index (χ4v) is 3.97. The summed E-state index contributed by atoms with van der Waals surface area (Å²) in [6.07, 6.45) is 6.93. The Bertz CT molecular complexity index is 1360. The molecule has 0 aliphatic carbocycles. The lowest BCUT2D eigenvalue weighted by Crippen LogP contribution is -2.43. The average Bonchev–Trinajstić information content (AvgIpc) is 3.44. The zero-order valence-electron chi connectivity index (χ0n) is 25.1. The molecule has 5 rings (SSSR count). The molecule has 40 heavy (non-hydrogen) atoms. The van der Waals surface area contributed by atoms with Crippen molar-refractivity contribution in [1.29, 1.82) is 0 Å². The summed E-state index contributed by atoms with van der Waals surface area (Å²) >= 11 is 0. The monoisotopic (exact) mass is 540 g/mol. The number of carbonyl (C=O) groups is 1. The molecule has 3 heterocycles. The predicted molar refractivity (Wildman–Crippen MR) is 167 cm³/mol. The molecule has 2 aromatic carbocycles. The molecule has 1 amide bonds. The van der Waals surface area contributed by atoms with Gasteiger partial charge in [0.25, 0.3) is 5.91 Å². The third-order valence-corrected chi connectivity index (χ3v) is 5.99. The van der Waals surface area contributed by atoms with Crippen molar-refractivity contribution in [2.24, 2.45) is 0 Å². The van der Waals surface area contributed by atoms with Crippen LogP contribution in [-0.4, -0.2) is 63.3 Å². The predicted octanol–water partition coefficient (Wildman–Crippen LogP) is 6.21. The Balaban J connectivity index is 0.000000876. The Morgan fingerprint density at radius 1 is 0.900 bits per heavy atom. The lowest BCUT2D eigenvalue weighted by atomic mass is 10.1. The SMILES string of the molecule is CC.CC.CC.CN1CCN(Cc2ccc(NC(=O)c3cccc(C#Cc4cnc5cnccn45)c3)cc2)CC1. The molecule has 1 N–H and O–H groups in total. The van der Waals surface area contributed by atoms with Gasteiger partial charge in [-0.2, -0.15) is 0 Å². The zero-order chi connectivity index (χ0) is 29.3. The lowest BCUT2D eigenvalue weighted by molar-refractivity contribution is 0.102. The second kappa shape index (κ2) is 17.6. The van der Waals surface area contributed by atoms with Gasteiger partial charge in [0.2, 0.25) is 0 Å². The van der Waals surface area contributed by atoms with Crippen molar-refractivity contribution in [3.8, 4) is 11.8 Å². The summed E-state index contributed by atoms with van der Waals surface area (Å²) in [4.78, 5) is 26.0. The molecule has 1 aliphatic heterocycles. The molecule has 4 aromatic rings. The Hall–Kier alpha value is -3.99. The minimum atomic E-state index is -0.156. The molecule has 2 aromatic heterocycles. The van der Waals surface area contributed by atoms with Crippen LogP contribution in [0.4, 0.5) is 5.69 Å². The number of likely N-dealkylation sites (N-methyl/N-ethyl adjacent to an activating group) is 1. The number of rotatable bonds is 4. The Kier molecular flexibility index (Phi) is 14.2. The summed E-state index contributed by atoms with van der Waals surface area (Å²) in [6, 6.07) is 15.4. The van der Waals surface area contributed by atoms with Crippen LogP contribution in [0, 0.1) is 11.8 Å². The van der Waals surface area contributed by atoms with E-state index in [9.17, 15) is 4.79 Å². The van der Waals surface area contributed by atoms with Crippen LogP contribution in [0.2, 0.25) is 0 Å². The smallest absolute Gasteiger partial charge is 0.255 e. The molecule has 212 valence electrons. The number of benzene rings is 2. The summed E-state index contributed by atoms with van der Waals surface area (Å²) in [7, 11) is 2.16. The average molecular weight is 541 g/mol. The number of imidazole rings is 1. The molecular formula is C33H44N6O. The van der Waals surface area contributed by atoms with Crippen LogP contribution < -0.4 is 5.32 Å². The van der Waals surface area contributed by atoms with E-state index in [2.05, 4.69) is 56.1 Å². The van der Waals surface area contributed by atoms with Gasteiger partial charge >= 0.3 is 0 Å². The maximum absolute atomic E-state index is 12.8. The molecule has 0 saturated carbocycles. The van der Waals surface area contributed by atoms with Gasteiger partial charge in [0.1, 0.15) is 5.69 Å². The number of nitrogens with zero attached hydrogens (tertiary/aromatic N) is 5. The summed E-state index contributed by atoms with van der Waals surface area (Å²) in [5, 5.41) is 2.99. The highest BCUT2D eigenvalue weighted by molar-refractivity contribution is 6.04. The highest BCUT2D eigenvalue weighted by atomic mass is 16.1. The van der Waals surface area contributed by atoms with E-state index in [-0.39, 0.29) is 5.91 Å². The van der Waals surface area contributed by atoms with E-state index in [4.69, 9.17) is 0 Å². The van der Waals surface area contributed by atoms with E-state index in [0.29, 0.717) is 5.56 Å². The first-order valence-electron chi connectivity index (χ1n) is 14.3. The minimum Gasteiger partial charge on any atom is -0.322 e. The molecule has 1 aliphatic rings. The number of piperazine rings is 1. The number of amides is 1. The lowest BCUT2D eigenvalue weighted by Gasteiger charge is -2.32. The highest BCUT2D eigenvalue weighted by Gasteiger charge is 2.14. The number of anilines is 1. The Labute approximate surface area is 240 Å². The Morgan fingerprint density at radius 3 is 2.30 bits per heavy atom. The van der Waals surface area contributed by atoms with Crippen LogP contribution in [0.1, 0.15) is 68.7 Å². The van der Waals surface area contributed by atoms with Gasteiger partial charge in [-0.3, -0.25) is 19.1 Å². The third-order valence-electron chi connectivity index (χ3n) is 5.99. The first kappa shape index (κ1) is 32.2. The maximum atomic E-state index is 12.8. The fraction of sp³-hybridized carbons (Fsp3) is 0.364. The number of hydrogen-bond acceptors (Lipinski definition) is 5. The summed E-state index contributed by atoms with van der Waals surface area (Å²) in [6.45, 7) is 17.3. The zero-order valence-corrected chi connectivity index (χ0v) is 25.1. The van der Waals surface area contributed by atoms with Gasteiger partial charge in [-0.25, -0.2) is 4.98 Å². The summed E-state index contributed by atoms with van der Waals surface area (Å²) < 4.78 is 1.88. The maximum Gasteiger partial charge on any atom is 0.255 e. The first-order chi connectivity index (χ1) is 19.6. The molecule has 0 unspecified atom stereocenters. The first-order valence-corrected chi connectivity index (χ1v) is 14.3. The topological polar surface area (TPSA) is 65.8 Å². The minimum absolute atomic E-state index is 0.156. The molecule has 0 radical (unpaired) electrons. The van der Waals surface area contributed by atoms with Gasteiger partial charge in [-0.05, 0) is 48.9 Å². The van der Waals surface area contributed by atoms with Crippen molar-refractivity contribution in [2.75, 3.05) is 38.5 Å². The molecular weight excluding hydrogens is 496 g/mol. The van der Waals surface area contributed by atoms with E-state index in [0.717, 1.165) is 55.3 Å². The van der Waals surface area contributed by atoms with Gasteiger partial charge in [0.15, 0.2) is 5.65 Å². The number of nitrogens with one attached hydrogen (secondary N) is 1. The van der Waals surface area contributed by atoms with Crippen molar-refractivity contribution in [3.63, 3.8) is 0 Å². The Morgan fingerprint density at radius 2 is 1.60 bits per heavy atom. The van der Waals surface area contributed by atoms with Crippen LogP contribution in [-0.2, 0) is 6.54 Å². The van der Waals surface area contributed by atoms with E-state index in [1.165, 1.54) is 5.56 Å². The van der Waals surface area contributed by atoms with E-state index < -0.39 is 0 Å². The van der Waals surface area contributed by atoms with Crippen LogP contribution in [0.5, 0.6) is 0 Å². The normalized spacial score (nSPS) is 12.8. The molecule has 0 spiro atoms. The van der Waals surface area contributed by atoms with E-state index in [1.807, 2.05) is 76.4 Å². The van der Waals surface area contributed by atoms with Gasteiger partial charge in [0.05, 0.1) is 12.4 Å². The van der Waals surface area contributed by atoms with Gasteiger partial charge in [-0.15, -0.1) is 0 Å². The summed E-state index contributed by atoms with van der Waals surface area (Å²) in [5.41, 5.74) is 4.87. The quantitative estimate of drug-likeness (QED) is 0.312. The van der Waals surface area contributed by atoms with E-state index >= 15 is 0 Å². The number of hydrogen-bond donors (Lipinski definition) is 1. The number of carbonyl (C=O) groups excluding carboxylic acids is 1. The number of aromatic nitrogens is 3. The van der Waals surface area contributed by atoms with Gasteiger partial charge < -0.3 is 10.2 Å². The molecule has 0 bridgehead atoms. The largest absolute Gasteiger partial charge is 0.322 e. The number of fused-ring (bicyclic) bond motifs is 1. The van der Waals surface area contributed by atoms with Crippen molar-refractivity contribution < 1.29 is 4.79 Å². The fourth-order valence-electron chi connectivity index (χ4n) is 3.97. The van der Waals surface area contributed by atoms with Gasteiger partial charge in [-0.1, -0.05) is 65.7 Å². The molecule has 7 heteroatoms. The second-order valence-corrected chi connectivity index (χ2v) is 8.51. The standard InChI is InChI=1S/C27H26N6O.3C2H6/c1-31-13-15-32(16-14-31)20-22-5-8-24(9-6-22)30-27(34)23-4-2-3-21(17-23)7-10-25-18-29-26-19-28-11-12-33(25)26;3*1-2/h2-6,8-9,11-12,17-19H,13-16,20H2,1H3,(H,30,34);3*1-2H3. The highest BCUT2D eigenvalue weighted by Crippen LogP contribution is 2.15. The van der Waals surface area contributed by atoms with Crippen LogP contribution in [0.25, 0.3) is 5.65 Å². The van der Waals surface area contributed by atoms with Crippen molar-refractivity contribution in [1.82, 2.24) is 24.2 Å². The third kappa shape index (κ3) is 9.33. The summed E-state index contributed by atoms with van der Waals surface area (Å²) in [5.74, 6) is 6.10. The van der Waals surface area contributed by atoms with Crippen molar-refractivity contribution in [2.45, 2.75) is 48.1 Å². The van der Waals surface area contributed by atoms with Crippen LogP contribution >= 0.6 is 0 Å². The van der Waals surface area contributed by atoms with Crippen molar-refractivity contribution >= 4 is 17.2 Å². The van der Waals surface area contributed by atoms with Crippen molar-refractivity contribution in [3.05, 3.63) is 95.7 Å². The molecule has 1 fully saturated rings.